The number of carbonyl (C=O) groups excluding carboxylic acids is 1. The molecule has 2 aromatic rings. The normalized spacial score (nSPS) is 16.0. The average molecular weight is 426 g/mol. The van der Waals surface area contributed by atoms with Gasteiger partial charge in [-0.3, -0.25) is 9.69 Å². The summed E-state index contributed by atoms with van der Waals surface area (Å²) >= 11 is 5.87. The van der Waals surface area contributed by atoms with Gasteiger partial charge in [-0.25, -0.2) is 0 Å². The first-order valence-corrected chi connectivity index (χ1v) is 9.86. The number of anilines is 1. The molecular formula is C21H23ClF3N3O. The molecule has 2 aromatic carbocycles. The van der Waals surface area contributed by atoms with Crippen LogP contribution in [0.25, 0.3) is 0 Å². The SMILES string of the molecule is CCN1CCN(Cc2ccc(NC(=O)c3cccc(Cl)c3)cc2C(F)(F)F)CC1. The summed E-state index contributed by atoms with van der Waals surface area (Å²) in [5, 5.41) is 2.91. The molecule has 1 fully saturated rings. The predicted octanol–water partition coefficient (Wildman–Crippen LogP) is 4.75. The lowest BCUT2D eigenvalue weighted by Crippen LogP contribution is -2.45. The van der Waals surface area contributed by atoms with Gasteiger partial charge in [0.05, 0.1) is 5.56 Å². The number of piperazine rings is 1. The molecule has 1 aliphatic rings. The van der Waals surface area contributed by atoms with Crippen LogP contribution in [0.15, 0.2) is 42.5 Å². The number of hydrogen-bond donors (Lipinski definition) is 1. The van der Waals surface area contributed by atoms with Crippen molar-refractivity contribution in [3.8, 4) is 0 Å². The first-order chi connectivity index (χ1) is 13.8. The van der Waals surface area contributed by atoms with Crippen molar-refractivity contribution >= 4 is 23.2 Å². The fraction of sp³-hybridized carbons (Fsp3) is 0.381. The van der Waals surface area contributed by atoms with E-state index < -0.39 is 17.6 Å². The number of amides is 1. The van der Waals surface area contributed by atoms with Crippen LogP contribution in [0.2, 0.25) is 5.02 Å². The second-order valence-corrected chi connectivity index (χ2v) is 7.48. The fourth-order valence-electron chi connectivity index (χ4n) is 3.39. The van der Waals surface area contributed by atoms with E-state index in [4.69, 9.17) is 11.6 Å². The van der Waals surface area contributed by atoms with Gasteiger partial charge < -0.3 is 10.2 Å². The smallest absolute Gasteiger partial charge is 0.322 e. The number of likely N-dealkylation sites (N-methyl/N-ethyl adjacent to an activating group) is 1. The minimum atomic E-state index is -4.50. The molecular weight excluding hydrogens is 403 g/mol. The summed E-state index contributed by atoms with van der Waals surface area (Å²) in [4.78, 5) is 16.6. The van der Waals surface area contributed by atoms with Crippen molar-refractivity contribution in [3.63, 3.8) is 0 Å². The Hall–Kier alpha value is -2.09. The number of rotatable bonds is 5. The predicted molar refractivity (Wildman–Crippen MR) is 108 cm³/mol. The molecule has 1 aliphatic heterocycles. The molecule has 0 radical (unpaired) electrons. The average Bonchev–Trinajstić information content (AvgIpc) is 2.69. The van der Waals surface area contributed by atoms with Crippen molar-refractivity contribution in [2.24, 2.45) is 0 Å². The van der Waals surface area contributed by atoms with Crippen LogP contribution in [0.5, 0.6) is 0 Å². The van der Waals surface area contributed by atoms with Crippen LogP contribution >= 0.6 is 11.6 Å². The third-order valence-corrected chi connectivity index (χ3v) is 5.30. The maximum absolute atomic E-state index is 13.7. The van der Waals surface area contributed by atoms with Gasteiger partial charge in [0.1, 0.15) is 0 Å². The molecule has 0 bridgehead atoms. The van der Waals surface area contributed by atoms with E-state index in [-0.39, 0.29) is 23.4 Å². The lowest BCUT2D eigenvalue weighted by Gasteiger charge is -2.34. The molecule has 4 nitrogen and oxygen atoms in total. The highest BCUT2D eigenvalue weighted by molar-refractivity contribution is 6.31. The van der Waals surface area contributed by atoms with E-state index in [0.717, 1.165) is 38.8 Å². The number of benzene rings is 2. The van der Waals surface area contributed by atoms with Crippen molar-refractivity contribution in [3.05, 3.63) is 64.2 Å². The van der Waals surface area contributed by atoms with Gasteiger partial charge in [-0.2, -0.15) is 13.2 Å². The van der Waals surface area contributed by atoms with Crippen molar-refractivity contribution in [1.82, 2.24) is 9.80 Å². The van der Waals surface area contributed by atoms with Crippen LogP contribution < -0.4 is 5.32 Å². The minimum absolute atomic E-state index is 0.0989. The maximum atomic E-state index is 13.7. The summed E-state index contributed by atoms with van der Waals surface area (Å²) < 4.78 is 41.0. The lowest BCUT2D eigenvalue weighted by molar-refractivity contribution is -0.138. The van der Waals surface area contributed by atoms with E-state index in [1.165, 1.54) is 18.2 Å². The Bertz CT molecular complexity index is 864. The Labute approximate surface area is 173 Å². The van der Waals surface area contributed by atoms with Crippen LogP contribution in [0.1, 0.15) is 28.4 Å². The number of alkyl halides is 3. The molecule has 0 atom stereocenters. The fourth-order valence-corrected chi connectivity index (χ4v) is 3.58. The summed E-state index contributed by atoms with van der Waals surface area (Å²) in [6.07, 6.45) is -4.50. The molecule has 0 aromatic heterocycles. The summed E-state index contributed by atoms with van der Waals surface area (Å²) in [7, 11) is 0. The highest BCUT2D eigenvalue weighted by Gasteiger charge is 2.34. The number of nitrogens with zero attached hydrogens (tertiary/aromatic N) is 2. The standard InChI is InChI=1S/C21H23ClF3N3O/c1-2-27-8-10-28(11-9-27)14-16-6-7-18(13-19(16)21(23,24)25)26-20(29)15-4-3-5-17(22)12-15/h3-7,12-13H,2,8-11,14H2,1H3,(H,26,29). The van der Waals surface area contributed by atoms with Gasteiger partial charge >= 0.3 is 6.18 Å². The first kappa shape index (κ1) is 21.6. The number of halogens is 4. The van der Waals surface area contributed by atoms with Gasteiger partial charge in [-0.15, -0.1) is 0 Å². The Morgan fingerprint density at radius 2 is 1.76 bits per heavy atom. The molecule has 0 unspecified atom stereocenters. The summed E-state index contributed by atoms with van der Waals surface area (Å²) in [5.41, 5.74) is -0.131. The van der Waals surface area contributed by atoms with E-state index in [1.807, 2.05) is 4.90 Å². The van der Waals surface area contributed by atoms with Gasteiger partial charge in [0, 0.05) is 49.0 Å². The van der Waals surface area contributed by atoms with Gasteiger partial charge in [0.25, 0.3) is 5.91 Å². The van der Waals surface area contributed by atoms with Crippen molar-refractivity contribution in [1.29, 1.82) is 0 Å². The van der Waals surface area contributed by atoms with Gasteiger partial charge in [-0.1, -0.05) is 30.7 Å². The molecule has 156 valence electrons. The highest BCUT2D eigenvalue weighted by Crippen LogP contribution is 2.34. The molecule has 0 saturated carbocycles. The Kier molecular flexibility index (Phi) is 6.82. The van der Waals surface area contributed by atoms with Crippen LogP contribution in [-0.2, 0) is 12.7 Å². The first-order valence-electron chi connectivity index (χ1n) is 9.48. The molecule has 0 aliphatic carbocycles. The molecule has 1 amide bonds. The van der Waals surface area contributed by atoms with Crippen molar-refractivity contribution in [2.75, 3.05) is 38.0 Å². The van der Waals surface area contributed by atoms with E-state index >= 15 is 0 Å². The second-order valence-electron chi connectivity index (χ2n) is 7.04. The Morgan fingerprint density at radius 1 is 1.07 bits per heavy atom. The number of hydrogen-bond acceptors (Lipinski definition) is 3. The van der Waals surface area contributed by atoms with E-state index in [0.29, 0.717) is 5.02 Å². The van der Waals surface area contributed by atoms with Crippen molar-refractivity contribution in [2.45, 2.75) is 19.6 Å². The zero-order valence-electron chi connectivity index (χ0n) is 16.1. The molecule has 0 spiro atoms. The summed E-state index contributed by atoms with van der Waals surface area (Å²) in [5.74, 6) is -0.510. The Balaban J connectivity index is 1.76. The minimum Gasteiger partial charge on any atom is -0.322 e. The van der Waals surface area contributed by atoms with E-state index in [1.54, 1.807) is 18.2 Å². The van der Waals surface area contributed by atoms with Crippen LogP contribution in [0.4, 0.5) is 18.9 Å². The van der Waals surface area contributed by atoms with E-state index in [9.17, 15) is 18.0 Å². The molecule has 1 N–H and O–H groups in total. The van der Waals surface area contributed by atoms with Crippen molar-refractivity contribution < 1.29 is 18.0 Å². The van der Waals surface area contributed by atoms with Gasteiger partial charge in [0.15, 0.2) is 0 Å². The third-order valence-electron chi connectivity index (χ3n) is 5.07. The number of nitrogens with one attached hydrogen (secondary N) is 1. The van der Waals surface area contributed by atoms with Crippen LogP contribution in [-0.4, -0.2) is 48.4 Å². The zero-order valence-corrected chi connectivity index (χ0v) is 16.9. The van der Waals surface area contributed by atoms with Crippen LogP contribution in [0.3, 0.4) is 0 Å². The Morgan fingerprint density at radius 3 is 2.38 bits per heavy atom. The van der Waals surface area contributed by atoms with E-state index in [2.05, 4.69) is 17.1 Å². The van der Waals surface area contributed by atoms with Crippen LogP contribution in [0, 0.1) is 0 Å². The monoisotopic (exact) mass is 425 g/mol. The highest BCUT2D eigenvalue weighted by atomic mass is 35.5. The maximum Gasteiger partial charge on any atom is 0.416 e. The lowest BCUT2D eigenvalue weighted by atomic mass is 10.0. The molecule has 1 heterocycles. The molecule has 29 heavy (non-hydrogen) atoms. The summed E-state index contributed by atoms with van der Waals surface area (Å²) in [6, 6.07) is 10.2. The van der Waals surface area contributed by atoms with Gasteiger partial charge in [-0.05, 0) is 42.4 Å². The van der Waals surface area contributed by atoms with Gasteiger partial charge in [0.2, 0.25) is 0 Å². The second kappa shape index (κ2) is 9.15. The molecule has 1 saturated heterocycles. The number of carbonyl (C=O) groups is 1. The largest absolute Gasteiger partial charge is 0.416 e. The third kappa shape index (κ3) is 5.72. The topological polar surface area (TPSA) is 35.6 Å². The molecule has 3 rings (SSSR count). The zero-order chi connectivity index (χ0) is 21.0. The molecule has 8 heteroatoms. The summed E-state index contributed by atoms with van der Waals surface area (Å²) in [6.45, 7) is 6.43. The quantitative estimate of drug-likeness (QED) is 0.751.